The van der Waals surface area contributed by atoms with Crippen molar-refractivity contribution in [3.05, 3.63) is 51.7 Å². The Kier molecular flexibility index (Phi) is 17.1. The first-order valence-corrected chi connectivity index (χ1v) is 19.1. The number of esters is 2. The highest BCUT2D eigenvalue weighted by Crippen LogP contribution is 2.35. The maximum atomic E-state index is 13.9. The molecule has 1 fully saturated rings. The van der Waals surface area contributed by atoms with Crippen LogP contribution >= 0.6 is 11.3 Å². The van der Waals surface area contributed by atoms with E-state index in [0.29, 0.717) is 17.8 Å². The van der Waals surface area contributed by atoms with Gasteiger partial charge in [-0.3, -0.25) is 24.0 Å². The lowest BCUT2D eigenvalue weighted by atomic mass is 9.95. The van der Waals surface area contributed by atoms with Crippen molar-refractivity contribution in [3.8, 4) is 0 Å². The highest BCUT2D eigenvalue weighted by Gasteiger charge is 2.41. The lowest BCUT2D eigenvalue weighted by molar-refractivity contribution is -0.149. The monoisotopic (exact) mass is 745 g/mol. The molecule has 1 aromatic carbocycles. The Bertz CT molecular complexity index is 1480. The topological polar surface area (TPSA) is 156 Å². The van der Waals surface area contributed by atoms with E-state index >= 15 is 0 Å². The molecule has 14 heteroatoms. The van der Waals surface area contributed by atoms with Crippen LogP contribution in [0.2, 0.25) is 0 Å². The molecule has 3 amide bonds. The maximum Gasteiger partial charge on any atom is 0.308 e. The predicted molar refractivity (Wildman–Crippen MR) is 197 cm³/mol. The number of rotatable bonds is 22. The van der Waals surface area contributed by atoms with Crippen molar-refractivity contribution in [2.75, 3.05) is 27.7 Å². The first kappa shape index (κ1) is 42.5. The van der Waals surface area contributed by atoms with Crippen LogP contribution in [0.25, 0.3) is 0 Å². The average Bonchev–Trinajstić information content (AvgIpc) is 3.83. The van der Waals surface area contributed by atoms with Gasteiger partial charge in [0.2, 0.25) is 11.8 Å². The number of hydrogen-bond donors (Lipinski definition) is 3. The third-order valence-corrected chi connectivity index (χ3v) is 10.3. The van der Waals surface area contributed by atoms with Crippen LogP contribution in [0.1, 0.15) is 106 Å². The van der Waals surface area contributed by atoms with Gasteiger partial charge < -0.3 is 30.3 Å². The molecule has 288 valence electrons. The molecule has 1 aliphatic rings. The van der Waals surface area contributed by atoms with Crippen molar-refractivity contribution in [1.29, 1.82) is 0 Å². The van der Waals surface area contributed by atoms with Gasteiger partial charge in [0.15, 0.2) is 6.10 Å². The highest BCUT2D eigenvalue weighted by molar-refractivity contribution is 7.09. The number of carbonyl (C=O) groups is 5. The van der Waals surface area contributed by atoms with Gasteiger partial charge in [0.25, 0.3) is 5.91 Å². The summed E-state index contributed by atoms with van der Waals surface area (Å²) >= 11 is 1.17. The van der Waals surface area contributed by atoms with Crippen LogP contribution in [0.4, 0.5) is 4.39 Å². The van der Waals surface area contributed by atoms with E-state index < -0.39 is 42.0 Å². The van der Waals surface area contributed by atoms with Gasteiger partial charge in [0.05, 0.1) is 13.0 Å². The first-order chi connectivity index (χ1) is 24.7. The van der Waals surface area contributed by atoms with Gasteiger partial charge in [0, 0.05) is 44.3 Å². The summed E-state index contributed by atoms with van der Waals surface area (Å²) < 4.78 is 24.2. The Morgan fingerprint density at radius 1 is 1.02 bits per heavy atom. The quantitative estimate of drug-likeness (QED) is 0.112. The van der Waals surface area contributed by atoms with Crippen molar-refractivity contribution in [1.82, 2.24) is 25.8 Å². The third kappa shape index (κ3) is 13.6. The molecule has 1 aromatic heterocycles. The molecule has 0 aliphatic heterocycles. The highest BCUT2D eigenvalue weighted by atomic mass is 32.1. The summed E-state index contributed by atoms with van der Waals surface area (Å²) in [5, 5.41) is 11.0. The van der Waals surface area contributed by atoms with Gasteiger partial charge in [-0.25, -0.2) is 9.37 Å². The number of halogens is 1. The Morgan fingerprint density at radius 2 is 1.71 bits per heavy atom. The molecule has 3 N–H and O–H groups in total. The average molecular weight is 746 g/mol. The van der Waals surface area contributed by atoms with Crippen LogP contribution in [-0.4, -0.2) is 85.4 Å². The number of amides is 3. The summed E-state index contributed by atoms with van der Waals surface area (Å²) in [4.78, 5) is 71.0. The zero-order chi connectivity index (χ0) is 38.4. The molecule has 0 spiro atoms. The Labute approximate surface area is 311 Å². The summed E-state index contributed by atoms with van der Waals surface area (Å²) in [5.41, 5.74) is 0.889. The lowest BCUT2D eigenvalue weighted by Crippen LogP contribution is -2.52. The number of likely N-dealkylation sites (N-methyl/N-ethyl adjacent to an activating group) is 1. The van der Waals surface area contributed by atoms with Crippen molar-refractivity contribution >= 4 is 41.0 Å². The second-order valence-electron chi connectivity index (χ2n) is 14.1. The zero-order valence-electron chi connectivity index (χ0n) is 31.5. The van der Waals surface area contributed by atoms with E-state index in [1.807, 2.05) is 20.9 Å². The van der Waals surface area contributed by atoms with E-state index in [2.05, 4.69) is 20.9 Å². The van der Waals surface area contributed by atoms with Gasteiger partial charge in [0.1, 0.15) is 22.6 Å². The molecule has 12 nitrogen and oxygen atoms in total. The number of thiazole rings is 1. The zero-order valence-corrected chi connectivity index (χ0v) is 32.4. The first-order valence-electron chi connectivity index (χ1n) is 18.2. The molecule has 0 bridgehead atoms. The van der Waals surface area contributed by atoms with E-state index in [9.17, 15) is 28.4 Å². The van der Waals surface area contributed by atoms with E-state index in [1.165, 1.54) is 37.5 Å². The maximum absolute atomic E-state index is 13.9. The minimum atomic E-state index is -0.840. The smallest absolute Gasteiger partial charge is 0.308 e. The van der Waals surface area contributed by atoms with Crippen LogP contribution in [0.15, 0.2) is 29.6 Å². The van der Waals surface area contributed by atoms with Crippen LogP contribution < -0.4 is 16.0 Å². The molecule has 5 atom stereocenters. The summed E-state index contributed by atoms with van der Waals surface area (Å²) in [6.07, 6.45) is 4.77. The molecule has 1 heterocycles. The summed E-state index contributed by atoms with van der Waals surface area (Å²) in [6.45, 7) is 7.86. The van der Waals surface area contributed by atoms with Crippen molar-refractivity contribution in [2.45, 2.75) is 110 Å². The van der Waals surface area contributed by atoms with Crippen LogP contribution in [-0.2, 0) is 35.1 Å². The Balaban J connectivity index is 1.75. The SMILES string of the molecule is CNCCCCCC(=O)N[C@H](C(=O)N(C)[C@H](C[C@@H](OC(C)=O)c1nc(C(=O)N[C@@H](Cc2ccc(F)cc2)C[C@H](C)C(=O)OC)cs1)C(C)C)C1CC1. The van der Waals surface area contributed by atoms with Crippen molar-refractivity contribution < 1.29 is 37.8 Å². The van der Waals surface area contributed by atoms with E-state index in [-0.39, 0.29) is 54.0 Å². The molecule has 52 heavy (non-hydrogen) atoms. The number of ether oxygens (including phenoxy) is 2. The van der Waals surface area contributed by atoms with Crippen molar-refractivity contribution in [3.63, 3.8) is 0 Å². The summed E-state index contributed by atoms with van der Waals surface area (Å²) in [5.74, 6) is -2.58. The number of unbranched alkanes of at least 4 members (excludes halogenated alkanes) is 2. The molecular weight excluding hydrogens is 690 g/mol. The number of nitrogens with one attached hydrogen (secondary N) is 3. The number of aromatic nitrogens is 1. The van der Waals surface area contributed by atoms with E-state index in [1.54, 1.807) is 36.4 Å². The standard InChI is InChI=1S/C38H56FN5O7S/c1-23(2)31(44(6)37(48)34(27-14-15-27)43-33(46)11-9-8-10-18-40-5)21-32(51-25(4)45)36-42-30(22-52-36)35(47)41-29(19-24(3)38(49)50-7)20-26-12-16-28(39)17-13-26/h12-13,16-17,22-24,27,29,31-32,34,40H,8-11,14-15,18-21H2,1-7H3,(H,41,47)(H,43,46)/t24-,29+,31+,32+,34-/m0/s1. The molecule has 0 radical (unpaired) electrons. The van der Waals surface area contributed by atoms with Gasteiger partial charge >= 0.3 is 11.9 Å². The van der Waals surface area contributed by atoms with Gasteiger partial charge in [-0.2, -0.15) is 0 Å². The largest absolute Gasteiger partial charge is 0.469 e. The minimum Gasteiger partial charge on any atom is -0.469 e. The number of methoxy groups -OCH3 is 1. The molecule has 1 saturated carbocycles. The number of benzene rings is 1. The second kappa shape index (κ2) is 21.0. The number of carbonyl (C=O) groups excluding carboxylic acids is 5. The van der Waals surface area contributed by atoms with Crippen molar-refractivity contribution in [2.24, 2.45) is 17.8 Å². The van der Waals surface area contributed by atoms with Gasteiger partial charge in [-0.15, -0.1) is 11.3 Å². The van der Waals surface area contributed by atoms with E-state index in [4.69, 9.17) is 9.47 Å². The predicted octanol–water partition coefficient (Wildman–Crippen LogP) is 4.97. The molecule has 0 unspecified atom stereocenters. The molecule has 2 aromatic rings. The van der Waals surface area contributed by atoms with Crippen LogP contribution in [0.3, 0.4) is 0 Å². The van der Waals surface area contributed by atoms with Gasteiger partial charge in [-0.1, -0.05) is 39.3 Å². The molecular formula is C38H56FN5O7S. The fourth-order valence-corrected chi connectivity index (χ4v) is 7.16. The Morgan fingerprint density at radius 3 is 2.31 bits per heavy atom. The fourth-order valence-electron chi connectivity index (χ4n) is 6.32. The normalized spacial score (nSPS) is 15.6. The Hall–Kier alpha value is -3.91. The molecule has 1 aliphatic carbocycles. The van der Waals surface area contributed by atoms with Gasteiger partial charge in [-0.05, 0) is 81.6 Å². The number of hydrogen-bond acceptors (Lipinski definition) is 10. The molecule has 0 saturated heterocycles. The third-order valence-electron chi connectivity index (χ3n) is 9.39. The number of nitrogens with zero attached hydrogens (tertiary/aromatic N) is 2. The fraction of sp³-hybridized carbons (Fsp3) is 0.632. The van der Waals surface area contributed by atoms with Crippen LogP contribution in [0, 0.1) is 23.6 Å². The van der Waals surface area contributed by atoms with E-state index in [0.717, 1.165) is 44.2 Å². The van der Waals surface area contributed by atoms with Crippen LogP contribution in [0.5, 0.6) is 0 Å². The molecule has 3 rings (SSSR count). The second-order valence-corrected chi connectivity index (χ2v) is 15.0. The minimum absolute atomic E-state index is 0.0403. The lowest BCUT2D eigenvalue weighted by Gasteiger charge is -2.35. The summed E-state index contributed by atoms with van der Waals surface area (Å²) in [6, 6.07) is 4.44. The summed E-state index contributed by atoms with van der Waals surface area (Å²) in [7, 11) is 4.92.